The van der Waals surface area contributed by atoms with E-state index >= 15 is 0 Å². The van der Waals surface area contributed by atoms with E-state index < -0.39 is 15.4 Å². The zero-order valence-electron chi connectivity index (χ0n) is 15.8. The molecule has 8 nitrogen and oxygen atoms in total. The highest BCUT2D eigenvalue weighted by molar-refractivity contribution is 7.89. The first-order valence-electron chi connectivity index (χ1n) is 9.21. The maximum atomic E-state index is 12.6. The lowest BCUT2D eigenvalue weighted by Gasteiger charge is -2.34. The largest absolute Gasteiger partial charge is 0.381 e. The van der Waals surface area contributed by atoms with Crippen molar-refractivity contribution in [1.82, 2.24) is 9.62 Å². The number of rotatable bonds is 6. The molecule has 1 amide bonds. The predicted octanol–water partition coefficient (Wildman–Crippen LogP) is 0.501. The summed E-state index contributed by atoms with van der Waals surface area (Å²) in [6.45, 7) is 3.26. The van der Waals surface area contributed by atoms with Gasteiger partial charge in [-0.05, 0) is 30.5 Å². The van der Waals surface area contributed by atoms with E-state index in [4.69, 9.17) is 15.2 Å². The molecule has 10 heteroatoms. The van der Waals surface area contributed by atoms with Gasteiger partial charge in [-0.2, -0.15) is 4.31 Å². The molecule has 0 aliphatic carbocycles. The van der Waals surface area contributed by atoms with E-state index in [1.165, 1.54) is 4.31 Å². The van der Waals surface area contributed by atoms with Gasteiger partial charge in [0, 0.05) is 39.4 Å². The number of nitrogens with zero attached hydrogens (tertiary/aromatic N) is 1. The van der Waals surface area contributed by atoms with Crippen molar-refractivity contribution in [3.8, 4) is 0 Å². The van der Waals surface area contributed by atoms with Crippen LogP contribution in [-0.4, -0.2) is 64.7 Å². The normalized spacial score (nSPS) is 20.2. The summed E-state index contributed by atoms with van der Waals surface area (Å²) in [4.78, 5) is 12.8. The molecule has 0 unspecified atom stereocenters. The molecule has 3 rings (SSSR count). The fraction of sp³-hybridized carbons (Fsp3) is 0.611. The van der Waals surface area contributed by atoms with Crippen LogP contribution >= 0.6 is 12.4 Å². The summed E-state index contributed by atoms with van der Waals surface area (Å²) in [5, 5.41) is 2.93. The predicted molar refractivity (Wildman–Crippen MR) is 107 cm³/mol. The Hall–Kier alpha value is -1.23. The van der Waals surface area contributed by atoms with Gasteiger partial charge in [-0.1, -0.05) is 12.1 Å². The highest BCUT2D eigenvalue weighted by Gasteiger charge is 2.38. The van der Waals surface area contributed by atoms with E-state index in [1.54, 1.807) is 24.3 Å². The molecule has 0 spiro atoms. The van der Waals surface area contributed by atoms with Crippen LogP contribution in [0, 0.1) is 5.41 Å². The first-order valence-corrected chi connectivity index (χ1v) is 10.6. The van der Waals surface area contributed by atoms with Crippen molar-refractivity contribution in [1.29, 1.82) is 0 Å². The van der Waals surface area contributed by atoms with Crippen LogP contribution in [0.25, 0.3) is 0 Å². The Morgan fingerprint density at radius 1 is 1.07 bits per heavy atom. The Labute approximate surface area is 172 Å². The van der Waals surface area contributed by atoms with E-state index in [0.717, 1.165) is 5.56 Å². The van der Waals surface area contributed by atoms with Gasteiger partial charge in [0.05, 0.1) is 23.5 Å². The molecule has 3 N–H and O–H groups in total. The smallest absolute Gasteiger partial charge is 0.243 e. The molecular formula is C18H28ClN3O5S. The Bertz CT molecular complexity index is 745. The number of amides is 1. The van der Waals surface area contributed by atoms with Gasteiger partial charge in [-0.15, -0.1) is 12.4 Å². The van der Waals surface area contributed by atoms with Crippen molar-refractivity contribution in [3.05, 3.63) is 29.8 Å². The molecule has 0 saturated carbocycles. The maximum absolute atomic E-state index is 12.6. The molecule has 2 aliphatic rings. The summed E-state index contributed by atoms with van der Waals surface area (Å²) < 4.78 is 37.2. The second-order valence-electron chi connectivity index (χ2n) is 6.94. The van der Waals surface area contributed by atoms with Gasteiger partial charge in [-0.3, -0.25) is 4.79 Å². The number of carbonyl (C=O) groups excluding carboxylic acids is 1. The van der Waals surface area contributed by atoms with Crippen LogP contribution in [0.15, 0.2) is 29.2 Å². The molecule has 158 valence electrons. The molecule has 2 heterocycles. The van der Waals surface area contributed by atoms with Gasteiger partial charge in [0.2, 0.25) is 15.9 Å². The topological polar surface area (TPSA) is 111 Å². The molecular weight excluding hydrogens is 406 g/mol. The summed E-state index contributed by atoms with van der Waals surface area (Å²) in [5.74, 6) is -0.0710. The van der Waals surface area contributed by atoms with Gasteiger partial charge in [0.25, 0.3) is 0 Å². The second kappa shape index (κ2) is 10.00. The van der Waals surface area contributed by atoms with Crippen LogP contribution in [0.4, 0.5) is 0 Å². The SMILES string of the molecule is Cl.NCC1(C(=O)NCc2ccc(S(=O)(=O)N3CCOCC3)cc2)CCOCC1. The van der Waals surface area contributed by atoms with Crippen LogP contribution in [0.3, 0.4) is 0 Å². The van der Waals surface area contributed by atoms with Crippen molar-refractivity contribution in [2.75, 3.05) is 46.1 Å². The number of sulfonamides is 1. The fourth-order valence-electron chi connectivity index (χ4n) is 3.37. The Morgan fingerprint density at radius 3 is 2.21 bits per heavy atom. The molecule has 0 bridgehead atoms. The van der Waals surface area contributed by atoms with Crippen LogP contribution in [0.1, 0.15) is 18.4 Å². The van der Waals surface area contributed by atoms with Crippen molar-refractivity contribution in [2.45, 2.75) is 24.3 Å². The van der Waals surface area contributed by atoms with Crippen LogP contribution < -0.4 is 11.1 Å². The molecule has 2 saturated heterocycles. The zero-order chi connectivity index (χ0) is 19.3. The van der Waals surface area contributed by atoms with E-state index in [0.29, 0.717) is 65.4 Å². The van der Waals surface area contributed by atoms with Gasteiger partial charge >= 0.3 is 0 Å². The highest BCUT2D eigenvalue weighted by atomic mass is 35.5. The number of halogens is 1. The number of nitrogens with one attached hydrogen (secondary N) is 1. The van der Waals surface area contributed by atoms with Crippen LogP contribution in [0.2, 0.25) is 0 Å². The third kappa shape index (κ3) is 5.03. The Kier molecular flexibility index (Phi) is 8.23. The third-order valence-corrected chi connectivity index (χ3v) is 7.22. The molecule has 0 radical (unpaired) electrons. The zero-order valence-corrected chi connectivity index (χ0v) is 17.4. The number of hydrogen-bond acceptors (Lipinski definition) is 6. The molecule has 0 aromatic heterocycles. The maximum Gasteiger partial charge on any atom is 0.243 e. The standard InChI is InChI=1S/C18H27N3O5S.ClH/c19-14-18(5-9-25-10-6-18)17(22)20-13-15-1-3-16(4-2-15)27(23,24)21-7-11-26-12-8-21;/h1-4H,5-14,19H2,(H,20,22);1H. The van der Waals surface area contributed by atoms with Gasteiger partial charge < -0.3 is 20.5 Å². The average molecular weight is 434 g/mol. The molecule has 1 aromatic carbocycles. The van der Waals surface area contributed by atoms with E-state index in [-0.39, 0.29) is 23.2 Å². The summed E-state index contributed by atoms with van der Waals surface area (Å²) in [7, 11) is -3.51. The number of benzene rings is 1. The number of morpholine rings is 1. The summed E-state index contributed by atoms with van der Waals surface area (Å²) >= 11 is 0. The molecule has 0 atom stereocenters. The van der Waals surface area contributed by atoms with Gasteiger partial charge in [-0.25, -0.2) is 8.42 Å². The van der Waals surface area contributed by atoms with Crippen molar-refractivity contribution in [2.24, 2.45) is 11.1 Å². The summed E-state index contributed by atoms with van der Waals surface area (Å²) in [6, 6.07) is 6.62. The number of ether oxygens (including phenoxy) is 2. The Morgan fingerprint density at radius 2 is 1.64 bits per heavy atom. The van der Waals surface area contributed by atoms with Gasteiger partial charge in [0.15, 0.2) is 0 Å². The third-order valence-electron chi connectivity index (χ3n) is 5.31. The monoisotopic (exact) mass is 433 g/mol. The average Bonchev–Trinajstić information content (AvgIpc) is 2.73. The number of carbonyl (C=O) groups is 1. The fourth-order valence-corrected chi connectivity index (χ4v) is 4.78. The first kappa shape index (κ1) is 23.1. The Balaban J connectivity index is 0.00000280. The summed E-state index contributed by atoms with van der Waals surface area (Å²) in [5.41, 5.74) is 6.12. The highest BCUT2D eigenvalue weighted by Crippen LogP contribution is 2.29. The minimum absolute atomic E-state index is 0. The van der Waals surface area contributed by atoms with Crippen LogP contribution in [0.5, 0.6) is 0 Å². The minimum Gasteiger partial charge on any atom is -0.381 e. The van der Waals surface area contributed by atoms with Gasteiger partial charge in [0.1, 0.15) is 0 Å². The molecule has 1 aromatic rings. The van der Waals surface area contributed by atoms with E-state index in [9.17, 15) is 13.2 Å². The lowest BCUT2D eigenvalue weighted by molar-refractivity contribution is -0.136. The summed E-state index contributed by atoms with van der Waals surface area (Å²) in [6.07, 6.45) is 1.23. The number of nitrogens with two attached hydrogens (primary N) is 1. The van der Waals surface area contributed by atoms with E-state index in [1.807, 2.05) is 0 Å². The lowest BCUT2D eigenvalue weighted by atomic mass is 9.79. The van der Waals surface area contributed by atoms with Crippen molar-refractivity contribution >= 4 is 28.3 Å². The van der Waals surface area contributed by atoms with Crippen LogP contribution in [-0.2, 0) is 30.8 Å². The first-order chi connectivity index (χ1) is 13.0. The molecule has 2 aliphatic heterocycles. The number of hydrogen-bond donors (Lipinski definition) is 2. The minimum atomic E-state index is -3.51. The van der Waals surface area contributed by atoms with Crippen molar-refractivity contribution in [3.63, 3.8) is 0 Å². The molecule has 2 fully saturated rings. The van der Waals surface area contributed by atoms with E-state index in [2.05, 4.69) is 5.32 Å². The lowest BCUT2D eigenvalue weighted by Crippen LogP contribution is -2.48. The molecule has 28 heavy (non-hydrogen) atoms. The van der Waals surface area contributed by atoms with Crippen molar-refractivity contribution < 1.29 is 22.7 Å². The second-order valence-corrected chi connectivity index (χ2v) is 8.88. The quantitative estimate of drug-likeness (QED) is 0.675.